The van der Waals surface area contributed by atoms with E-state index in [2.05, 4.69) is 5.32 Å². The first kappa shape index (κ1) is 19.9. The molecular formula is C21H22N2O4. The van der Waals surface area contributed by atoms with Gasteiger partial charge >= 0.3 is 0 Å². The third kappa shape index (κ3) is 5.25. The van der Waals surface area contributed by atoms with Gasteiger partial charge in [-0.3, -0.25) is 4.79 Å². The summed E-state index contributed by atoms with van der Waals surface area (Å²) in [6.07, 6.45) is 1.50. The molecule has 2 rings (SSSR count). The van der Waals surface area contributed by atoms with E-state index in [1.807, 2.05) is 19.9 Å². The van der Waals surface area contributed by atoms with E-state index < -0.39 is 5.91 Å². The number of rotatable bonds is 8. The summed E-state index contributed by atoms with van der Waals surface area (Å²) in [5, 5.41) is 12.1. The van der Waals surface area contributed by atoms with Gasteiger partial charge in [-0.1, -0.05) is 18.2 Å². The second-order valence-corrected chi connectivity index (χ2v) is 5.40. The van der Waals surface area contributed by atoms with Gasteiger partial charge in [0.2, 0.25) is 0 Å². The zero-order valence-electron chi connectivity index (χ0n) is 15.6. The fraction of sp³-hybridized carbons (Fsp3) is 0.238. The maximum atomic E-state index is 12.5. The van der Waals surface area contributed by atoms with Crippen molar-refractivity contribution in [2.45, 2.75) is 13.8 Å². The van der Waals surface area contributed by atoms with Gasteiger partial charge in [0, 0.05) is 0 Å². The summed E-state index contributed by atoms with van der Waals surface area (Å²) in [6, 6.07) is 14.2. The van der Waals surface area contributed by atoms with Crippen molar-refractivity contribution in [1.29, 1.82) is 5.26 Å². The molecule has 0 aliphatic carbocycles. The van der Waals surface area contributed by atoms with E-state index in [1.54, 1.807) is 42.5 Å². The molecule has 1 N–H and O–H groups in total. The summed E-state index contributed by atoms with van der Waals surface area (Å²) in [4.78, 5) is 12.5. The zero-order chi connectivity index (χ0) is 19.6. The Morgan fingerprint density at radius 2 is 1.78 bits per heavy atom. The number of anilines is 1. The summed E-state index contributed by atoms with van der Waals surface area (Å²) >= 11 is 0. The van der Waals surface area contributed by atoms with Crippen LogP contribution in [-0.4, -0.2) is 26.2 Å². The molecule has 0 radical (unpaired) electrons. The predicted molar refractivity (Wildman–Crippen MR) is 104 cm³/mol. The first-order chi connectivity index (χ1) is 13.1. The molecule has 0 aliphatic heterocycles. The lowest BCUT2D eigenvalue weighted by molar-refractivity contribution is -0.112. The van der Waals surface area contributed by atoms with Crippen LogP contribution in [-0.2, 0) is 4.79 Å². The van der Waals surface area contributed by atoms with Gasteiger partial charge < -0.3 is 19.5 Å². The smallest absolute Gasteiger partial charge is 0.266 e. The molecule has 0 aromatic heterocycles. The molecule has 0 atom stereocenters. The summed E-state index contributed by atoms with van der Waals surface area (Å²) in [5.41, 5.74) is 1.12. The van der Waals surface area contributed by atoms with Gasteiger partial charge in [0.05, 0.1) is 26.0 Å². The number of nitriles is 1. The van der Waals surface area contributed by atoms with Crippen molar-refractivity contribution < 1.29 is 19.0 Å². The molecule has 1 amide bonds. The number of ether oxygens (including phenoxy) is 3. The Morgan fingerprint density at radius 3 is 2.44 bits per heavy atom. The van der Waals surface area contributed by atoms with Crippen molar-refractivity contribution in [2.24, 2.45) is 0 Å². The van der Waals surface area contributed by atoms with Crippen LogP contribution in [0.15, 0.2) is 48.0 Å². The molecule has 2 aromatic carbocycles. The van der Waals surface area contributed by atoms with E-state index in [4.69, 9.17) is 14.2 Å². The van der Waals surface area contributed by atoms with E-state index in [9.17, 15) is 10.1 Å². The molecule has 6 nitrogen and oxygen atoms in total. The van der Waals surface area contributed by atoms with Gasteiger partial charge in [-0.2, -0.15) is 5.26 Å². The maximum absolute atomic E-state index is 12.5. The Balaban J connectivity index is 2.28. The highest BCUT2D eigenvalue weighted by Crippen LogP contribution is 2.29. The molecule has 6 heteroatoms. The highest BCUT2D eigenvalue weighted by atomic mass is 16.5. The van der Waals surface area contributed by atoms with Crippen LogP contribution in [0.1, 0.15) is 19.4 Å². The predicted octanol–water partition coefficient (Wildman–Crippen LogP) is 4.04. The maximum Gasteiger partial charge on any atom is 0.266 e. The van der Waals surface area contributed by atoms with Gasteiger partial charge in [-0.15, -0.1) is 0 Å². The van der Waals surface area contributed by atoms with Crippen molar-refractivity contribution in [3.63, 3.8) is 0 Å². The number of hydrogen-bond acceptors (Lipinski definition) is 5. The Morgan fingerprint density at radius 1 is 1.07 bits per heavy atom. The summed E-state index contributed by atoms with van der Waals surface area (Å²) in [5.74, 6) is 1.18. The Hall–Kier alpha value is -3.46. The Kier molecular flexibility index (Phi) is 7.26. The molecule has 0 spiro atoms. The molecule has 0 saturated carbocycles. The average molecular weight is 366 g/mol. The van der Waals surface area contributed by atoms with Crippen LogP contribution in [0.25, 0.3) is 6.08 Å². The number of benzene rings is 2. The fourth-order valence-electron chi connectivity index (χ4n) is 2.41. The van der Waals surface area contributed by atoms with Crippen molar-refractivity contribution in [1.82, 2.24) is 0 Å². The van der Waals surface area contributed by atoms with Crippen LogP contribution in [0.3, 0.4) is 0 Å². The molecular weight excluding hydrogens is 344 g/mol. The molecule has 0 fully saturated rings. The summed E-state index contributed by atoms with van der Waals surface area (Å²) in [7, 11) is 1.52. The van der Waals surface area contributed by atoms with Crippen LogP contribution >= 0.6 is 0 Å². The number of hydrogen-bond donors (Lipinski definition) is 1. The third-order valence-electron chi connectivity index (χ3n) is 3.60. The number of nitrogens with one attached hydrogen (secondary N) is 1. The number of amides is 1. The first-order valence-electron chi connectivity index (χ1n) is 8.58. The van der Waals surface area contributed by atoms with Crippen LogP contribution in [0, 0.1) is 11.3 Å². The summed E-state index contributed by atoms with van der Waals surface area (Å²) < 4.78 is 16.3. The normalized spacial score (nSPS) is 10.7. The van der Waals surface area contributed by atoms with E-state index in [0.717, 1.165) is 0 Å². The van der Waals surface area contributed by atoms with Crippen LogP contribution < -0.4 is 19.5 Å². The van der Waals surface area contributed by atoms with Crippen LogP contribution in [0.2, 0.25) is 0 Å². The second-order valence-electron chi connectivity index (χ2n) is 5.40. The minimum absolute atomic E-state index is 0.0347. The number of carbonyl (C=O) groups excluding carboxylic acids is 1. The highest BCUT2D eigenvalue weighted by molar-refractivity contribution is 6.10. The second kappa shape index (κ2) is 9.88. The lowest BCUT2D eigenvalue weighted by Crippen LogP contribution is -2.14. The lowest BCUT2D eigenvalue weighted by atomic mass is 10.1. The molecule has 27 heavy (non-hydrogen) atoms. The topological polar surface area (TPSA) is 80.6 Å². The van der Waals surface area contributed by atoms with Crippen molar-refractivity contribution in [3.8, 4) is 23.3 Å². The monoisotopic (exact) mass is 366 g/mol. The minimum atomic E-state index is -0.520. The van der Waals surface area contributed by atoms with Crippen LogP contribution in [0.4, 0.5) is 5.69 Å². The first-order valence-corrected chi connectivity index (χ1v) is 8.58. The third-order valence-corrected chi connectivity index (χ3v) is 3.60. The number of carbonyl (C=O) groups is 1. The molecule has 140 valence electrons. The molecule has 0 aliphatic rings. The van der Waals surface area contributed by atoms with Crippen molar-refractivity contribution >= 4 is 17.7 Å². The molecule has 0 unspecified atom stereocenters. The Bertz CT molecular complexity index is 869. The molecule has 0 saturated heterocycles. The molecule has 0 bridgehead atoms. The van der Waals surface area contributed by atoms with Crippen molar-refractivity contribution in [3.05, 3.63) is 53.6 Å². The largest absolute Gasteiger partial charge is 0.495 e. The average Bonchev–Trinajstić information content (AvgIpc) is 2.68. The summed E-state index contributed by atoms with van der Waals surface area (Å²) in [6.45, 7) is 4.76. The minimum Gasteiger partial charge on any atom is -0.495 e. The number of nitrogens with zero attached hydrogens (tertiary/aromatic N) is 1. The van der Waals surface area contributed by atoms with Gasteiger partial charge in [0.25, 0.3) is 5.91 Å². The molecule has 2 aromatic rings. The van der Waals surface area contributed by atoms with Gasteiger partial charge in [0.15, 0.2) is 11.5 Å². The molecule has 0 heterocycles. The van der Waals surface area contributed by atoms with Crippen molar-refractivity contribution in [2.75, 3.05) is 25.6 Å². The Labute approximate surface area is 159 Å². The number of para-hydroxylation sites is 2. The number of methoxy groups -OCH3 is 1. The quantitative estimate of drug-likeness (QED) is 0.563. The van der Waals surface area contributed by atoms with E-state index in [-0.39, 0.29) is 5.57 Å². The van der Waals surface area contributed by atoms with E-state index in [0.29, 0.717) is 41.7 Å². The lowest BCUT2D eigenvalue weighted by Gasteiger charge is -2.12. The zero-order valence-corrected chi connectivity index (χ0v) is 15.6. The highest BCUT2D eigenvalue weighted by Gasteiger charge is 2.13. The van der Waals surface area contributed by atoms with E-state index >= 15 is 0 Å². The van der Waals surface area contributed by atoms with E-state index in [1.165, 1.54) is 13.2 Å². The fourth-order valence-corrected chi connectivity index (χ4v) is 2.41. The van der Waals surface area contributed by atoms with Crippen LogP contribution in [0.5, 0.6) is 17.2 Å². The van der Waals surface area contributed by atoms with Gasteiger partial charge in [-0.25, -0.2) is 0 Å². The SMILES string of the molecule is CCOc1ccc(/C=C(/C#N)C(=O)Nc2ccccc2OC)cc1OCC. The van der Waals surface area contributed by atoms with Gasteiger partial charge in [-0.05, 0) is 49.8 Å². The van der Waals surface area contributed by atoms with Gasteiger partial charge in [0.1, 0.15) is 17.4 Å². The standard InChI is InChI=1S/C21H22N2O4/c1-4-26-19-11-10-15(13-20(19)27-5-2)12-16(14-22)21(24)23-17-8-6-7-9-18(17)25-3/h6-13H,4-5H2,1-3H3,(H,23,24)/b16-12-.